The maximum absolute atomic E-state index is 13.1. The SMILES string of the molecule is Cc1ccc(S(=O)(=O)Nc2ccc(Oc3ccc4c(c3)C(=O)N(c3ccc5c(c3)OCO5)C4=O)cc2)cc1. The molecule has 0 bridgehead atoms. The number of ether oxygens (including phenoxy) is 3. The smallest absolute Gasteiger partial charge is 0.266 e. The third-order valence-corrected chi connectivity index (χ3v) is 7.54. The topological polar surface area (TPSA) is 111 Å². The van der Waals surface area contributed by atoms with Gasteiger partial charge < -0.3 is 14.2 Å². The largest absolute Gasteiger partial charge is 0.457 e. The monoisotopic (exact) mass is 528 g/mol. The fourth-order valence-electron chi connectivity index (χ4n) is 4.20. The summed E-state index contributed by atoms with van der Waals surface area (Å²) in [5, 5.41) is 0. The van der Waals surface area contributed by atoms with Gasteiger partial charge in [-0.1, -0.05) is 17.7 Å². The number of nitrogens with zero attached hydrogens (tertiary/aromatic N) is 1. The van der Waals surface area contributed by atoms with Gasteiger partial charge >= 0.3 is 0 Å². The number of nitrogens with one attached hydrogen (secondary N) is 1. The first kappa shape index (κ1) is 23.6. The molecule has 0 spiro atoms. The van der Waals surface area contributed by atoms with Crippen LogP contribution in [0.4, 0.5) is 11.4 Å². The van der Waals surface area contributed by atoms with Gasteiger partial charge in [0.05, 0.1) is 21.7 Å². The summed E-state index contributed by atoms with van der Waals surface area (Å²) in [6.45, 7) is 1.97. The number of rotatable bonds is 6. The van der Waals surface area contributed by atoms with Crippen LogP contribution in [-0.2, 0) is 10.0 Å². The normalized spacial score (nSPS) is 14.0. The molecule has 0 radical (unpaired) electrons. The van der Waals surface area contributed by atoms with Crippen molar-refractivity contribution in [1.29, 1.82) is 0 Å². The summed E-state index contributed by atoms with van der Waals surface area (Å²) < 4.78 is 44.3. The van der Waals surface area contributed by atoms with Crippen molar-refractivity contribution in [3.63, 3.8) is 0 Å². The van der Waals surface area contributed by atoms with Crippen molar-refractivity contribution in [3.05, 3.63) is 102 Å². The molecule has 38 heavy (non-hydrogen) atoms. The number of hydrogen-bond donors (Lipinski definition) is 1. The molecular weight excluding hydrogens is 508 g/mol. The van der Waals surface area contributed by atoms with Gasteiger partial charge in [0.2, 0.25) is 6.79 Å². The quantitative estimate of drug-likeness (QED) is 0.346. The van der Waals surface area contributed by atoms with E-state index < -0.39 is 21.8 Å². The second-order valence-corrected chi connectivity index (χ2v) is 10.4. The molecule has 9 nitrogen and oxygen atoms in total. The number of imide groups is 1. The number of sulfonamides is 1. The maximum Gasteiger partial charge on any atom is 0.266 e. The van der Waals surface area contributed by atoms with Gasteiger partial charge in [0.15, 0.2) is 11.5 Å². The predicted octanol–water partition coefficient (Wildman–Crippen LogP) is 5.12. The molecule has 0 atom stereocenters. The van der Waals surface area contributed by atoms with Gasteiger partial charge in [0, 0.05) is 11.8 Å². The molecule has 2 aliphatic heterocycles. The van der Waals surface area contributed by atoms with E-state index in [0.29, 0.717) is 34.4 Å². The maximum atomic E-state index is 13.1. The van der Waals surface area contributed by atoms with Crippen molar-refractivity contribution in [2.75, 3.05) is 16.4 Å². The lowest BCUT2D eigenvalue weighted by Crippen LogP contribution is -2.29. The number of fused-ring (bicyclic) bond motifs is 2. The average Bonchev–Trinajstić information content (AvgIpc) is 3.47. The Morgan fingerprint density at radius 1 is 0.763 bits per heavy atom. The summed E-state index contributed by atoms with van der Waals surface area (Å²) in [7, 11) is -3.73. The highest BCUT2D eigenvalue weighted by molar-refractivity contribution is 7.92. The molecule has 0 aliphatic carbocycles. The minimum atomic E-state index is -3.73. The molecule has 0 unspecified atom stereocenters. The zero-order chi connectivity index (χ0) is 26.4. The van der Waals surface area contributed by atoms with Crippen LogP contribution >= 0.6 is 0 Å². The van der Waals surface area contributed by atoms with E-state index in [1.807, 2.05) is 6.92 Å². The van der Waals surface area contributed by atoms with Crippen LogP contribution in [0.15, 0.2) is 89.8 Å². The Bertz CT molecular complexity index is 1700. The molecule has 6 rings (SSSR count). The molecule has 0 aromatic heterocycles. The standard InChI is InChI=1S/C28H20N2O7S/c1-17-2-10-22(11-3-17)38(33,34)29-18-4-7-20(8-5-18)37-21-9-12-23-24(15-21)28(32)30(27(23)31)19-6-13-25-26(14-19)36-16-35-25/h2-15,29H,16H2,1H3. The van der Waals surface area contributed by atoms with Crippen LogP contribution < -0.4 is 23.8 Å². The van der Waals surface area contributed by atoms with E-state index in [4.69, 9.17) is 14.2 Å². The summed E-state index contributed by atoms with van der Waals surface area (Å²) in [4.78, 5) is 27.4. The summed E-state index contributed by atoms with van der Waals surface area (Å²) in [6, 6.07) is 22.4. The molecule has 0 saturated carbocycles. The Labute approximate surface area is 218 Å². The third-order valence-electron chi connectivity index (χ3n) is 6.15. The number of hydrogen-bond acceptors (Lipinski definition) is 7. The zero-order valence-corrected chi connectivity index (χ0v) is 20.8. The molecular formula is C28H20N2O7S. The van der Waals surface area contributed by atoms with Crippen molar-refractivity contribution in [3.8, 4) is 23.0 Å². The van der Waals surface area contributed by atoms with Crippen LogP contribution in [0.25, 0.3) is 0 Å². The van der Waals surface area contributed by atoms with Crippen molar-refractivity contribution >= 4 is 33.2 Å². The molecule has 190 valence electrons. The summed E-state index contributed by atoms with van der Waals surface area (Å²) in [5.74, 6) is 0.872. The predicted molar refractivity (Wildman–Crippen MR) is 139 cm³/mol. The fourth-order valence-corrected chi connectivity index (χ4v) is 5.26. The Morgan fingerprint density at radius 3 is 2.21 bits per heavy atom. The minimum Gasteiger partial charge on any atom is -0.457 e. The van der Waals surface area contributed by atoms with Gasteiger partial charge in [-0.3, -0.25) is 14.3 Å². The Balaban J connectivity index is 1.18. The van der Waals surface area contributed by atoms with Gasteiger partial charge in [-0.15, -0.1) is 0 Å². The average molecular weight is 529 g/mol. The Morgan fingerprint density at radius 2 is 1.45 bits per heavy atom. The van der Waals surface area contributed by atoms with Crippen molar-refractivity contribution in [2.24, 2.45) is 0 Å². The number of aryl methyl sites for hydroxylation is 1. The van der Waals surface area contributed by atoms with Crippen molar-refractivity contribution in [1.82, 2.24) is 0 Å². The fraction of sp³-hybridized carbons (Fsp3) is 0.0714. The van der Waals surface area contributed by atoms with E-state index in [1.165, 1.54) is 6.07 Å². The first-order valence-electron chi connectivity index (χ1n) is 11.6. The third kappa shape index (κ3) is 4.20. The Kier molecular flexibility index (Phi) is 5.54. The highest BCUT2D eigenvalue weighted by Gasteiger charge is 2.37. The van der Waals surface area contributed by atoms with Gasteiger partial charge in [-0.2, -0.15) is 0 Å². The van der Waals surface area contributed by atoms with E-state index in [-0.39, 0.29) is 22.8 Å². The molecule has 4 aromatic rings. The first-order valence-corrected chi connectivity index (χ1v) is 13.1. The van der Waals surface area contributed by atoms with Crippen LogP contribution in [0.2, 0.25) is 0 Å². The van der Waals surface area contributed by atoms with E-state index in [0.717, 1.165) is 10.5 Å². The van der Waals surface area contributed by atoms with Crippen LogP contribution in [0.1, 0.15) is 26.3 Å². The van der Waals surface area contributed by atoms with Crippen LogP contribution in [0.3, 0.4) is 0 Å². The molecule has 0 saturated heterocycles. The van der Waals surface area contributed by atoms with Gasteiger partial charge in [0.25, 0.3) is 21.8 Å². The van der Waals surface area contributed by atoms with E-state index >= 15 is 0 Å². The highest BCUT2D eigenvalue weighted by atomic mass is 32.2. The van der Waals surface area contributed by atoms with E-state index in [2.05, 4.69) is 4.72 Å². The lowest BCUT2D eigenvalue weighted by Gasteiger charge is -2.14. The number of anilines is 2. The number of amides is 2. The number of carbonyl (C=O) groups excluding carboxylic acids is 2. The highest BCUT2D eigenvalue weighted by Crippen LogP contribution is 2.38. The molecule has 10 heteroatoms. The van der Waals surface area contributed by atoms with E-state index in [9.17, 15) is 18.0 Å². The van der Waals surface area contributed by atoms with E-state index in [1.54, 1.807) is 78.9 Å². The van der Waals surface area contributed by atoms with Crippen molar-refractivity contribution < 1.29 is 32.2 Å². The summed E-state index contributed by atoms with van der Waals surface area (Å²) >= 11 is 0. The molecule has 0 fully saturated rings. The second kappa shape index (κ2) is 8.93. The lowest BCUT2D eigenvalue weighted by molar-refractivity contribution is 0.0926. The number of benzene rings is 4. The van der Waals surface area contributed by atoms with Gasteiger partial charge in [-0.25, -0.2) is 13.3 Å². The molecule has 4 aromatic carbocycles. The molecule has 2 aliphatic rings. The van der Waals surface area contributed by atoms with Crippen LogP contribution in [0, 0.1) is 6.92 Å². The Hall–Kier alpha value is -4.83. The zero-order valence-electron chi connectivity index (χ0n) is 20.0. The van der Waals surface area contributed by atoms with Crippen molar-refractivity contribution in [2.45, 2.75) is 11.8 Å². The second-order valence-electron chi connectivity index (χ2n) is 8.74. The first-order chi connectivity index (χ1) is 18.3. The molecule has 2 heterocycles. The van der Waals surface area contributed by atoms with Gasteiger partial charge in [0.1, 0.15) is 11.5 Å². The summed E-state index contributed by atoms with van der Waals surface area (Å²) in [6.07, 6.45) is 0. The number of carbonyl (C=O) groups is 2. The van der Waals surface area contributed by atoms with Gasteiger partial charge in [-0.05, 0) is 73.7 Å². The van der Waals surface area contributed by atoms with Crippen LogP contribution in [0.5, 0.6) is 23.0 Å². The lowest BCUT2D eigenvalue weighted by atomic mass is 10.1. The summed E-state index contributed by atoms with van der Waals surface area (Å²) in [5.41, 5.74) is 2.19. The van der Waals surface area contributed by atoms with Crippen LogP contribution in [-0.4, -0.2) is 27.0 Å². The molecule has 2 amide bonds. The minimum absolute atomic E-state index is 0.0845. The molecule has 1 N–H and O–H groups in total.